The van der Waals surface area contributed by atoms with E-state index < -0.39 is 6.04 Å². The van der Waals surface area contributed by atoms with Crippen LogP contribution >= 0.6 is 0 Å². The second-order valence-corrected chi connectivity index (χ2v) is 5.73. The molecule has 0 saturated heterocycles. The largest absolute Gasteiger partial charge is 0.441 e. The van der Waals surface area contributed by atoms with Crippen molar-refractivity contribution in [2.24, 2.45) is 0 Å². The van der Waals surface area contributed by atoms with Crippen LogP contribution in [0.15, 0.2) is 40.8 Å². The maximum Gasteiger partial charge on any atom is 0.246 e. The number of anilines is 2. The molecule has 1 heterocycles. The van der Waals surface area contributed by atoms with Gasteiger partial charge in [0.15, 0.2) is 11.5 Å². The summed E-state index contributed by atoms with van der Waals surface area (Å²) in [7, 11) is 0. The highest BCUT2D eigenvalue weighted by Gasteiger charge is 2.14. The summed E-state index contributed by atoms with van der Waals surface area (Å²) in [6.07, 6.45) is 0. The Morgan fingerprint density at radius 1 is 1.17 bits per heavy atom. The minimum Gasteiger partial charge on any atom is -0.441 e. The van der Waals surface area contributed by atoms with Gasteiger partial charge in [0.05, 0.1) is 0 Å². The molecule has 0 bridgehead atoms. The van der Waals surface area contributed by atoms with Crippen molar-refractivity contribution < 1.29 is 13.6 Å². The molecule has 1 unspecified atom stereocenters. The quantitative estimate of drug-likeness (QED) is 0.759. The summed E-state index contributed by atoms with van der Waals surface area (Å²) in [4.78, 5) is 16.5. The molecule has 1 atom stereocenters. The molecule has 2 aromatic carbocycles. The third kappa shape index (κ3) is 3.37. The van der Waals surface area contributed by atoms with E-state index in [0.717, 1.165) is 11.2 Å². The number of carbonyl (C=O) groups is 1. The number of nitrogens with one attached hydrogen (secondary N) is 2. The van der Waals surface area contributed by atoms with Crippen LogP contribution in [0.4, 0.5) is 15.8 Å². The SMILES string of the molecule is Cc1nc2cc(NC(C)C(=O)Nc3ccc(C)c(F)c3)ccc2o1. The van der Waals surface area contributed by atoms with E-state index in [0.29, 0.717) is 22.7 Å². The molecule has 0 spiro atoms. The standard InChI is InChI=1S/C18H18FN3O2/c1-10-4-5-13(8-15(10)19)22-18(23)11(2)20-14-6-7-17-16(9-14)21-12(3)24-17/h4-9,11,20H,1-3H3,(H,22,23). The molecule has 2 N–H and O–H groups in total. The number of nitrogens with zero attached hydrogens (tertiary/aromatic N) is 1. The Hall–Kier alpha value is -2.89. The summed E-state index contributed by atoms with van der Waals surface area (Å²) in [6.45, 7) is 5.19. The van der Waals surface area contributed by atoms with E-state index >= 15 is 0 Å². The zero-order valence-corrected chi connectivity index (χ0v) is 13.7. The maximum atomic E-state index is 13.5. The van der Waals surface area contributed by atoms with Crippen molar-refractivity contribution in [1.29, 1.82) is 0 Å². The molecule has 1 amide bonds. The lowest BCUT2D eigenvalue weighted by atomic mass is 10.2. The monoisotopic (exact) mass is 327 g/mol. The van der Waals surface area contributed by atoms with Gasteiger partial charge < -0.3 is 15.1 Å². The molecule has 1 aromatic heterocycles. The Labute approximate surface area is 138 Å². The van der Waals surface area contributed by atoms with Crippen molar-refractivity contribution in [3.63, 3.8) is 0 Å². The number of amides is 1. The number of oxazole rings is 1. The summed E-state index contributed by atoms with van der Waals surface area (Å²) in [5.41, 5.74) is 3.15. The fourth-order valence-electron chi connectivity index (χ4n) is 2.37. The molecular formula is C18H18FN3O2. The third-order valence-electron chi connectivity index (χ3n) is 3.71. The smallest absolute Gasteiger partial charge is 0.246 e. The maximum absolute atomic E-state index is 13.5. The van der Waals surface area contributed by atoms with E-state index in [1.165, 1.54) is 6.07 Å². The molecule has 24 heavy (non-hydrogen) atoms. The van der Waals surface area contributed by atoms with Crippen LogP contribution in [0.25, 0.3) is 11.1 Å². The van der Waals surface area contributed by atoms with Crippen molar-refractivity contribution in [3.05, 3.63) is 53.7 Å². The Bertz CT molecular complexity index is 904. The van der Waals surface area contributed by atoms with Crippen LogP contribution in [0.5, 0.6) is 0 Å². The van der Waals surface area contributed by atoms with Gasteiger partial charge in [0.2, 0.25) is 5.91 Å². The number of carbonyl (C=O) groups excluding carboxylic acids is 1. The number of fused-ring (bicyclic) bond motifs is 1. The highest BCUT2D eigenvalue weighted by molar-refractivity contribution is 5.96. The summed E-state index contributed by atoms with van der Waals surface area (Å²) in [5.74, 6) is -0.00992. The van der Waals surface area contributed by atoms with Gasteiger partial charge in [-0.25, -0.2) is 9.37 Å². The van der Waals surface area contributed by atoms with Gasteiger partial charge in [0, 0.05) is 18.3 Å². The van der Waals surface area contributed by atoms with Gasteiger partial charge in [0.25, 0.3) is 0 Å². The second-order valence-electron chi connectivity index (χ2n) is 5.73. The molecule has 0 aliphatic carbocycles. The summed E-state index contributed by atoms with van der Waals surface area (Å²) in [5, 5.41) is 5.80. The lowest BCUT2D eigenvalue weighted by molar-refractivity contribution is -0.116. The van der Waals surface area contributed by atoms with E-state index in [2.05, 4.69) is 15.6 Å². The predicted molar refractivity (Wildman–Crippen MR) is 91.6 cm³/mol. The van der Waals surface area contributed by atoms with Crippen LogP contribution in [0, 0.1) is 19.7 Å². The van der Waals surface area contributed by atoms with Crippen LogP contribution in [-0.2, 0) is 4.79 Å². The van der Waals surface area contributed by atoms with Gasteiger partial charge in [-0.2, -0.15) is 0 Å². The molecule has 0 aliphatic rings. The van der Waals surface area contributed by atoms with Crippen molar-refractivity contribution in [3.8, 4) is 0 Å². The molecular weight excluding hydrogens is 309 g/mol. The van der Waals surface area contributed by atoms with Gasteiger partial charge in [0.1, 0.15) is 17.4 Å². The number of hydrogen-bond donors (Lipinski definition) is 2. The molecule has 3 rings (SSSR count). The van der Waals surface area contributed by atoms with Crippen molar-refractivity contribution in [2.75, 3.05) is 10.6 Å². The zero-order valence-electron chi connectivity index (χ0n) is 13.7. The number of halogens is 1. The third-order valence-corrected chi connectivity index (χ3v) is 3.71. The fourth-order valence-corrected chi connectivity index (χ4v) is 2.37. The summed E-state index contributed by atoms with van der Waals surface area (Å²) >= 11 is 0. The first kappa shape index (κ1) is 16.0. The van der Waals surface area contributed by atoms with E-state index in [1.807, 2.05) is 12.1 Å². The average molecular weight is 327 g/mol. The van der Waals surface area contributed by atoms with Crippen LogP contribution in [0.1, 0.15) is 18.4 Å². The van der Waals surface area contributed by atoms with Crippen LogP contribution < -0.4 is 10.6 Å². The lowest BCUT2D eigenvalue weighted by Gasteiger charge is -2.15. The molecule has 3 aromatic rings. The molecule has 0 fully saturated rings. The molecule has 6 heteroatoms. The highest BCUT2D eigenvalue weighted by atomic mass is 19.1. The Morgan fingerprint density at radius 3 is 2.67 bits per heavy atom. The van der Waals surface area contributed by atoms with Gasteiger partial charge in [-0.15, -0.1) is 0 Å². The topological polar surface area (TPSA) is 67.2 Å². The lowest BCUT2D eigenvalue weighted by Crippen LogP contribution is -2.31. The first-order valence-electron chi connectivity index (χ1n) is 7.63. The second kappa shape index (κ2) is 6.31. The molecule has 0 saturated carbocycles. The zero-order chi connectivity index (χ0) is 17.3. The Balaban J connectivity index is 1.69. The molecule has 0 aliphatic heterocycles. The first-order valence-corrected chi connectivity index (χ1v) is 7.63. The predicted octanol–water partition coefficient (Wildman–Crippen LogP) is 4.02. The molecule has 5 nitrogen and oxygen atoms in total. The van der Waals surface area contributed by atoms with Crippen LogP contribution in [-0.4, -0.2) is 16.9 Å². The van der Waals surface area contributed by atoms with Crippen molar-refractivity contribution in [1.82, 2.24) is 4.98 Å². The number of rotatable bonds is 4. The number of aryl methyl sites for hydroxylation is 2. The van der Waals surface area contributed by atoms with Gasteiger partial charge in [-0.05, 0) is 49.7 Å². The van der Waals surface area contributed by atoms with Crippen molar-refractivity contribution in [2.45, 2.75) is 26.8 Å². The number of hydrogen-bond acceptors (Lipinski definition) is 4. The average Bonchev–Trinajstić information content (AvgIpc) is 2.90. The minimum atomic E-state index is -0.500. The van der Waals surface area contributed by atoms with E-state index in [1.54, 1.807) is 39.0 Å². The van der Waals surface area contributed by atoms with E-state index in [-0.39, 0.29) is 11.7 Å². The van der Waals surface area contributed by atoms with Crippen LogP contribution in [0.3, 0.4) is 0 Å². The highest BCUT2D eigenvalue weighted by Crippen LogP contribution is 2.20. The van der Waals surface area contributed by atoms with Crippen molar-refractivity contribution >= 4 is 28.4 Å². The Morgan fingerprint density at radius 2 is 1.92 bits per heavy atom. The molecule has 0 radical (unpaired) electrons. The number of aromatic nitrogens is 1. The fraction of sp³-hybridized carbons (Fsp3) is 0.222. The minimum absolute atomic E-state index is 0.255. The first-order chi connectivity index (χ1) is 11.4. The number of benzene rings is 2. The van der Waals surface area contributed by atoms with Gasteiger partial charge >= 0.3 is 0 Å². The summed E-state index contributed by atoms with van der Waals surface area (Å²) < 4.78 is 19.0. The van der Waals surface area contributed by atoms with Crippen LogP contribution in [0.2, 0.25) is 0 Å². The Kier molecular flexibility index (Phi) is 4.20. The van der Waals surface area contributed by atoms with Gasteiger partial charge in [-0.1, -0.05) is 6.07 Å². The molecule has 124 valence electrons. The van der Waals surface area contributed by atoms with E-state index in [9.17, 15) is 9.18 Å². The normalized spacial score (nSPS) is 12.2. The van der Waals surface area contributed by atoms with E-state index in [4.69, 9.17) is 4.42 Å². The summed E-state index contributed by atoms with van der Waals surface area (Å²) in [6, 6.07) is 9.56. The van der Waals surface area contributed by atoms with Gasteiger partial charge in [-0.3, -0.25) is 4.79 Å².